The molecule has 0 radical (unpaired) electrons. The summed E-state index contributed by atoms with van der Waals surface area (Å²) in [6, 6.07) is 0. The number of nitrogens with zero attached hydrogens (tertiary/aromatic N) is 2. The van der Waals surface area contributed by atoms with Crippen LogP contribution in [0, 0.1) is 0 Å². The van der Waals surface area contributed by atoms with Crippen LogP contribution in [0.15, 0.2) is 0 Å². The molecule has 0 aliphatic rings. The van der Waals surface area contributed by atoms with Crippen LogP contribution in [0.5, 0.6) is 5.88 Å². The number of aromatic nitrogens is 2. The van der Waals surface area contributed by atoms with Gasteiger partial charge >= 0.3 is 0 Å². The van der Waals surface area contributed by atoms with Gasteiger partial charge in [0.15, 0.2) is 5.78 Å². The minimum atomic E-state index is -0.564. The lowest BCUT2D eigenvalue weighted by Crippen LogP contribution is -2.19. The van der Waals surface area contributed by atoms with Gasteiger partial charge in [-0.15, -0.1) is 16.0 Å². The third-order valence-electron chi connectivity index (χ3n) is 1.22. The monoisotopic (exact) mass is 240 g/mol. The molecule has 0 aromatic carbocycles. The Morgan fingerprint density at radius 2 is 2.38 bits per heavy atom. The second kappa shape index (κ2) is 4.74. The molecule has 1 rings (SSSR count). The van der Waals surface area contributed by atoms with Gasteiger partial charge in [0.25, 0.3) is 5.88 Å². The van der Waals surface area contributed by atoms with Crippen molar-refractivity contribution in [2.75, 3.05) is 6.61 Å². The molecule has 0 saturated carbocycles. The van der Waals surface area contributed by atoms with E-state index in [0.717, 1.165) is 11.7 Å². The zero-order chi connectivity index (χ0) is 9.84. The Morgan fingerprint density at radius 3 is 2.85 bits per heavy atom. The van der Waals surface area contributed by atoms with Crippen molar-refractivity contribution >= 4 is 40.7 Å². The van der Waals surface area contributed by atoms with Crippen molar-refractivity contribution in [3.8, 4) is 5.88 Å². The van der Waals surface area contributed by atoms with E-state index < -0.39 is 5.38 Å². The third kappa shape index (κ3) is 3.10. The number of alkyl halides is 1. The van der Waals surface area contributed by atoms with Crippen molar-refractivity contribution in [3.63, 3.8) is 0 Å². The van der Waals surface area contributed by atoms with Crippen molar-refractivity contribution < 1.29 is 9.53 Å². The Bertz CT molecular complexity index is 303. The molecule has 0 bridgehead atoms. The molecule has 1 atom stereocenters. The number of halogens is 2. The molecule has 0 spiro atoms. The zero-order valence-corrected chi connectivity index (χ0v) is 8.99. The average Bonchev–Trinajstić information content (AvgIpc) is 2.47. The minimum absolute atomic E-state index is 0.129. The van der Waals surface area contributed by atoms with Gasteiger partial charge in [-0.1, -0.05) is 11.6 Å². The summed E-state index contributed by atoms with van der Waals surface area (Å²) in [6.07, 6.45) is 0. The molecular weight excluding hydrogens is 235 g/mol. The second-order valence-corrected chi connectivity index (χ2v) is 3.77. The highest BCUT2D eigenvalue weighted by molar-refractivity contribution is 6.99. The summed E-state index contributed by atoms with van der Waals surface area (Å²) in [6.45, 7) is 1.45. The molecule has 0 aliphatic carbocycles. The van der Waals surface area contributed by atoms with E-state index in [0.29, 0.717) is 0 Å². The Morgan fingerprint density at radius 1 is 1.69 bits per heavy atom. The second-order valence-electron chi connectivity index (χ2n) is 2.23. The number of carbonyl (C=O) groups is 1. The van der Waals surface area contributed by atoms with Crippen molar-refractivity contribution in [1.82, 2.24) is 8.75 Å². The molecule has 4 nitrogen and oxygen atoms in total. The van der Waals surface area contributed by atoms with Crippen molar-refractivity contribution in [1.29, 1.82) is 0 Å². The third-order valence-corrected chi connectivity index (χ3v) is 2.32. The molecule has 0 amide bonds. The molecule has 7 heteroatoms. The average molecular weight is 241 g/mol. The predicted molar refractivity (Wildman–Crippen MR) is 50.7 cm³/mol. The number of ketones is 1. The van der Waals surface area contributed by atoms with Gasteiger partial charge in [0, 0.05) is 0 Å². The molecule has 72 valence electrons. The van der Waals surface area contributed by atoms with Crippen LogP contribution in [0.1, 0.15) is 6.92 Å². The van der Waals surface area contributed by atoms with E-state index >= 15 is 0 Å². The van der Waals surface area contributed by atoms with Crippen LogP contribution in [0.3, 0.4) is 0 Å². The fourth-order valence-electron chi connectivity index (χ4n) is 0.510. The first-order valence-electron chi connectivity index (χ1n) is 3.39. The standard InChI is InChI=1S/C6H6Cl2N2O2S/c1-3(7)4(11)2-12-6-5(8)9-13-10-6/h3H,2H2,1H3. The van der Waals surface area contributed by atoms with Crippen molar-refractivity contribution in [3.05, 3.63) is 5.15 Å². The summed E-state index contributed by atoms with van der Waals surface area (Å²) in [7, 11) is 0. The highest BCUT2D eigenvalue weighted by Gasteiger charge is 2.12. The number of hydrogen-bond donors (Lipinski definition) is 0. The largest absolute Gasteiger partial charge is 0.467 e. The van der Waals surface area contributed by atoms with E-state index in [2.05, 4.69) is 8.75 Å². The van der Waals surface area contributed by atoms with Gasteiger partial charge in [-0.2, -0.15) is 4.37 Å². The maximum absolute atomic E-state index is 11.0. The number of rotatable bonds is 4. The first kappa shape index (κ1) is 10.7. The maximum atomic E-state index is 11.0. The Balaban J connectivity index is 2.44. The van der Waals surface area contributed by atoms with Crippen LogP contribution < -0.4 is 4.74 Å². The molecule has 1 unspecified atom stereocenters. The SMILES string of the molecule is CC(Cl)C(=O)COc1nsnc1Cl. The number of Topliss-reactive ketones (excluding diaryl/α,β-unsaturated/α-hetero) is 1. The molecule has 0 N–H and O–H groups in total. The van der Waals surface area contributed by atoms with Crippen LogP contribution >= 0.6 is 34.9 Å². The van der Waals surface area contributed by atoms with Crippen LogP contribution in [0.4, 0.5) is 0 Å². The van der Waals surface area contributed by atoms with E-state index in [1.54, 1.807) is 6.92 Å². The summed E-state index contributed by atoms with van der Waals surface area (Å²) in [5.41, 5.74) is 0. The highest BCUT2D eigenvalue weighted by Crippen LogP contribution is 2.20. The Kier molecular flexibility index (Phi) is 3.90. The van der Waals surface area contributed by atoms with Gasteiger partial charge in [-0.3, -0.25) is 4.79 Å². The van der Waals surface area contributed by atoms with E-state index in [1.807, 2.05) is 0 Å². The predicted octanol–water partition coefficient (Wildman–Crippen LogP) is 1.77. The molecule has 1 aromatic heterocycles. The fourth-order valence-corrected chi connectivity index (χ4v) is 1.22. The molecular formula is C6H6Cl2N2O2S. The molecule has 0 aliphatic heterocycles. The summed E-state index contributed by atoms with van der Waals surface area (Å²) in [4.78, 5) is 11.0. The van der Waals surface area contributed by atoms with E-state index in [1.165, 1.54) is 0 Å². The first-order chi connectivity index (χ1) is 6.11. The lowest BCUT2D eigenvalue weighted by atomic mass is 10.3. The van der Waals surface area contributed by atoms with Gasteiger partial charge in [0.1, 0.15) is 6.61 Å². The van der Waals surface area contributed by atoms with E-state index in [4.69, 9.17) is 27.9 Å². The number of hydrogen-bond acceptors (Lipinski definition) is 5. The topological polar surface area (TPSA) is 52.1 Å². The fraction of sp³-hybridized carbons (Fsp3) is 0.500. The van der Waals surface area contributed by atoms with Crippen LogP contribution in [0.2, 0.25) is 5.15 Å². The molecule has 1 heterocycles. The summed E-state index contributed by atoms with van der Waals surface area (Å²) in [5.74, 6) is -0.0388. The van der Waals surface area contributed by atoms with Crippen LogP contribution in [0.25, 0.3) is 0 Å². The number of carbonyl (C=O) groups excluding carboxylic acids is 1. The Hall–Kier alpha value is -0.390. The minimum Gasteiger partial charge on any atom is -0.467 e. The van der Waals surface area contributed by atoms with E-state index in [-0.39, 0.29) is 23.4 Å². The van der Waals surface area contributed by atoms with Gasteiger partial charge in [0.05, 0.1) is 17.1 Å². The van der Waals surface area contributed by atoms with Gasteiger partial charge in [-0.05, 0) is 6.92 Å². The van der Waals surface area contributed by atoms with E-state index in [9.17, 15) is 4.79 Å². The maximum Gasteiger partial charge on any atom is 0.265 e. The lowest BCUT2D eigenvalue weighted by molar-refractivity contribution is -0.120. The summed E-state index contributed by atoms with van der Waals surface area (Å²) >= 11 is 12.0. The summed E-state index contributed by atoms with van der Waals surface area (Å²) < 4.78 is 12.4. The first-order valence-corrected chi connectivity index (χ1v) is 4.93. The Labute approximate surface area is 89.1 Å². The smallest absolute Gasteiger partial charge is 0.265 e. The van der Waals surface area contributed by atoms with Crippen molar-refractivity contribution in [2.24, 2.45) is 0 Å². The van der Waals surface area contributed by atoms with Crippen molar-refractivity contribution in [2.45, 2.75) is 12.3 Å². The quantitative estimate of drug-likeness (QED) is 0.754. The molecule has 0 fully saturated rings. The van der Waals surface area contributed by atoms with Crippen LogP contribution in [-0.4, -0.2) is 26.5 Å². The summed E-state index contributed by atoms with van der Waals surface area (Å²) in [5, 5.41) is -0.398. The highest BCUT2D eigenvalue weighted by atomic mass is 35.5. The molecule has 0 saturated heterocycles. The lowest BCUT2D eigenvalue weighted by Gasteiger charge is -2.02. The molecule has 1 aromatic rings. The molecule has 13 heavy (non-hydrogen) atoms. The zero-order valence-electron chi connectivity index (χ0n) is 6.66. The van der Waals surface area contributed by atoms with Gasteiger partial charge in [0.2, 0.25) is 5.15 Å². The van der Waals surface area contributed by atoms with Gasteiger partial charge in [-0.25, -0.2) is 0 Å². The normalized spacial score (nSPS) is 12.5. The number of ether oxygens (including phenoxy) is 1. The van der Waals surface area contributed by atoms with Crippen LogP contribution in [-0.2, 0) is 4.79 Å². The van der Waals surface area contributed by atoms with Gasteiger partial charge < -0.3 is 4.74 Å².